The molecule has 7 heteroatoms. The van der Waals surface area contributed by atoms with E-state index in [0.717, 1.165) is 5.56 Å². The van der Waals surface area contributed by atoms with Crippen molar-refractivity contribution in [2.24, 2.45) is 5.92 Å². The molecular weight excluding hydrogens is 324 g/mol. The number of benzene rings is 1. The standard InChI is InChI=1S/C18H20N2O5/c1-11(2)15(20-16(21)14-4-3-9-25-14)17(22)19-10-12-5-7-13(8-6-12)18(23)24/h3-9,11,15H,10H2,1-2H3,(H,19,22)(H,20,21)(H,23,24)/t15-/m0/s1. The van der Waals surface area contributed by atoms with Gasteiger partial charge in [-0.15, -0.1) is 0 Å². The highest BCUT2D eigenvalue weighted by molar-refractivity contribution is 5.95. The number of hydrogen-bond donors (Lipinski definition) is 3. The normalized spacial score (nSPS) is 11.8. The highest BCUT2D eigenvalue weighted by atomic mass is 16.4. The van der Waals surface area contributed by atoms with Gasteiger partial charge in [0.05, 0.1) is 11.8 Å². The Balaban J connectivity index is 1.95. The van der Waals surface area contributed by atoms with Gasteiger partial charge in [-0.3, -0.25) is 9.59 Å². The van der Waals surface area contributed by atoms with Gasteiger partial charge in [0.1, 0.15) is 6.04 Å². The van der Waals surface area contributed by atoms with Crippen LogP contribution in [-0.2, 0) is 11.3 Å². The zero-order chi connectivity index (χ0) is 18.4. The highest BCUT2D eigenvalue weighted by Gasteiger charge is 2.25. The van der Waals surface area contributed by atoms with E-state index < -0.39 is 17.9 Å². The second-order valence-corrected chi connectivity index (χ2v) is 5.89. The van der Waals surface area contributed by atoms with Gasteiger partial charge in [-0.1, -0.05) is 26.0 Å². The van der Waals surface area contributed by atoms with Crippen LogP contribution in [0.4, 0.5) is 0 Å². The molecule has 1 aromatic carbocycles. The number of carboxylic acid groups (broad SMARTS) is 1. The molecule has 1 aromatic heterocycles. The average molecular weight is 344 g/mol. The Morgan fingerprint density at radius 1 is 1.12 bits per heavy atom. The number of furan rings is 1. The third-order valence-corrected chi connectivity index (χ3v) is 3.65. The Morgan fingerprint density at radius 2 is 1.80 bits per heavy atom. The first-order chi connectivity index (χ1) is 11.9. The summed E-state index contributed by atoms with van der Waals surface area (Å²) in [5, 5.41) is 14.3. The van der Waals surface area contributed by atoms with Gasteiger partial charge in [0, 0.05) is 6.54 Å². The van der Waals surface area contributed by atoms with E-state index in [1.165, 1.54) is 24.5 Å². The summed E-state index contributed by atoms with van der Waals surface area (Å²) in [5.41, 5.74) is 0.944. The minimum atomic E-state index is -1.00. The lowest BCUT2D eigenvalue weighted by atomic mass is 10.0. The van der Waals surface area contributed by atoms with Crippen molar-refractivity contribution in [3.05, 3.63) is 59.5 Å². The minimum absolute atomic E-state index is 0.117. The van der Waals surface area contributed by atoms with E-state index in [4.69, 9.17) is 9.52 Å². The maximum atomic E-state index is 12.4. The zero-order valence-corrected chi connectivity index (χ0v) is 14.0. The molecule has 1 heterocycles. The molecule has 2 amide bonds. The lowest BCUT2D eigenvalue weighted by Crippen LogP contribution is -2.49. The second-order valence-electron chi connectivity index (χ2n) is 5.89. The summed E-state index contributed by atoms with van der Waals surface area (Å²) in [6.07, 6.45) is 1.39. The van der Waals surface area contributed by atoms with Crippen molar-refractivity contribution in [1.29, 1.82) is 0 Å². The van der Waals surface area contributed by atoms with Crippen LogP contribution in [0.15, 0.2) is 47.1 Å². The van der Waals surface area contributed by atoms with E-state index in [1.54, 1.807) is 18.2 Å². The van der Waals surface area contributed by atoms with Gasteiger partial charge in [-0.05, 0) is 35.7 Å². The molecule has 0 radical (unpaired) electrons. The van der Waals surface area contributed by atoms with Crippen molar-refractivity contribution in [3.8, 4) is 0 Å². The van der Waals surface area contributed by atoms with Gasteiger partial charge in [0.2, 0.25) is 5.91 Å². The highest BCUT2D eigenvalue weighted by Crippen LogP contribution is 2.08. The van der Waals surface area contributed by atoms with E-state index in [0.29, 0.717) is 0 Å². The van der Waals surface area contributed by atoms with Gasteiger partial charge in [-0.25, -0.2) is 4.79 Å². The molecule has 3 N–H and O–H groups in total. The Kier molecular flexibility index (Phi) is 5.94. The van der Waals surface area contributed by atoms with Crippen LogP contribution in [0.3, 0.4) is 0 Å². The van der Waals surface area contributed by atoms with E-state index in [1.807, 2.05) is 13.8 Å². The van der Waals surface area contributed by atoms with Crippen LogP contribution in [0.5, 0.6) is 0 Å². The number of nitrogens with one attached hydrogen (secondary N) is 2. The third kappa shape index (κ3) is 4.94. The molecule has 25 heavy (non-hydrogen) atoms. The predicted molar refractivity (Wildman–Crippen MR) is 90.0 cm³/mol. The molecule has 2 rings (SSSR count). The monoisotopic (exact) mass is 344 g/mol. The molecule has 0 saturated carbocycles. The lowest BCUT2D eigenvalue weighted by molar-refractivity contribution is -0.124. The van der Waals surface area contributed by atoms with Crippen LogP contribution < -0.4 is 10.6 Å². The molecule has 0 aliphatic heterocycles. The summed E-state index contributed by atoms with van der Waals surface area (Å²) >= 11 is 0. The molecule has 0 spiro atoms. The van der Waals surface area contributed by atoms with E-state index in [9.17, 15) is 14.4 Å². The third-order valence-electron chi connectivity index (χ3n) is 3.65. The number of hydrogen-bond acceptors (Lipinski definition) is 4. The van der Waals surface area contributed by atoms with Gasteiger partial charge in [0.15, 0.2) is 5.76 Å². The largest absolute Gasteiger partial charge is 0.478 e. The topological polar surface area (TPSA) is 109 Å². The van der Waals surface area contributed by atoms with Crippen molar-refractivity contribution in [2.45, 2.75) is 26.4 Å². The Bertz CT molecular complexity index is 735. The van der Waals surface area contributed by atoms with Crippen LogP contribution in [0.2, 0.25) is 0 Å². The molecule has 0 aliphatic rings. The van der Waals surface area contributed by atoms with E-state index >= 15 is 0 Å². The smallest absolute Gasteiger partial charge is 0.335 e. The van der Waals surface area contributed by atoms with Crippen molar-refractivity contribution >= 4 is 17.8 Å². The molecule has 0 unspecified atom stereocenters. The van der Waals surface area contributed by atoms with Crippen LogP contribution in [-0.4, -0.2) is 28.9 Å². The van der Waals surface area contributed by atoms with Crippen LogP contribution in [0.1, 0.15) is 40.3 Å². The molecule has 1 atom stereocenters. The lowest BCUT2D eigenvalue weighted by Gasteiger charge is -2.21. The molecule has 132 valence electrons. The van der Waals surface area contributed by atoms with Gasteiger partial charge < -0.3 is 20.2 Å². The second kappa shape index (κ2) is 8.14. The summed E-state index contributed by atoms with van der Waals surface area (Å²) in [6, 6.07) is 8.63. The van der Waals surface area contributed by atoms with Crippen molar-refractivity contribution in [2.75, 3.05) is 0 Å². The number of carboxylic acids is 1. The Morgan fingerprint density at radius 3 is 2.32 bits per heavy atom. The van der Waals surface area contributed by atoms with Crippen molar-refractivity contribution < 1.29 is 23.9 Å². The summed E-state index contributed by atoms with van der Waals surface area (Å²) in [7, 11) is 0. The molecule has 0 fully saturated rings. The fourth-order valence-corrected chi connectivity index (χ4v) is 2.22. The zero-order valence-electron chi connectivity index (χ0n) is 14.0. The van der Waals surface area contributed by atoms with Gasteiger partial charge in [0.25, 0.3) is 5.91 Å². The SMILES string of the molecule is CC(C)[C@H](NC(=O)c1ccco1)C(=O)NCc1ccc(C(=O)O)cc1. The maximum absolute atomic E-state index is 12.4. The number of carbonyl (C=O) groups excluding carboxylic acids is 2. The molecule has 7 nitrogen and oxygen atoms in total. The first-order valence-electron chi connectivity index (χ1n) is 7.83. The Labute approximate surface area is 145 Å². The van der Waals surface area contributed by atoms with Crippen LogP contribution in [0.25, 0.3) is 0 Å². The van der Waals surface area contributed by atoms with Crippen LogP contribution >= 0.6 is 0 Å². The summed E-state index contributed by atoms with van der Waals surface area (Å²) in [5.74, 6) is -1.76. The predicted octanol–water partition coefficient (Wildman–Crippen LogP) is 2.05. The number of amides is 2. The van der Waals surface area contributed by atoms with Crippen LogP contribution in [0, 0.1) is 5.92 Å². The van der Waals surface area contributed by atoms with Gasteiger partial charge >= 0.3 is 5.97 Å². The fourth-order valence-electron chi connectivity index (χ4n) is 2.22. The Hall–Kier alpha value is -3.09. The summed E-state index contributed by atoms with van der Waals surface area (Å²) in [6.45, 7) is 3.89. The first kappa shape index (κ1) is 18.3. The van der Waals surface area contributed by atoms with Crippen molar-refractivity contribution in [3.63, 3.8) is 0 Å². The first-order valence-corrected chi connectivity index (χ1v) is 7.83. The van der Waals surface area contributed by atoms with Crippen molar-refractivity contribution in [1.82, 2.24) is 10.6 Å². The van der Waals surface area contributed by atoms with E-state index in [-0.39, 0.29) is 29.7 Å². The molecule has 0 aliphatic carbocycles. The average Bonchev–Trinajstić information content (AvgIpc) is 3.12. The quantitative estimate of drug-likeness (QED) is 0.712. The summed E-state index contributed by atoms with van der Waals surface area (Å²) < 4.78 is 5.02. The molecular formula is C18H20N2O5. The fraction of sp³-hybridized carbons (Fsp3) is 0.278. The number of rotatable bonds is 7. The maximum Gasteiger partial charge on any atom is 0.335 e. The molecule has 0 bridgehead atoms. The number of aromatic carboxylic acids is 1. The molecule has 2 aromatic rings. The van der Waals surface area contributed by atoms with Gasteiger partial charge in [-0.2, -0.15) is 0 Å². The molecule has 0 saturated heterocycles. The van der Waals surface area contributed by atoms with E-state index in [2.05, 4.69) is 10.6 Å². The number of carbonyl (C=O) groups is 3. The minimum Gasteiger partial charge on any atom is -0.478 e. The summed E-state index contributed by atoms with van der Waals surface area (Å²) in [4.78, 5) is 35.3.